The van der Waals surface area contributed by atoms with Gasteiger partial charge in [0, 0.05) is 17.8 Å². The van der Waals surface area contributed by atoms with Crippen molar-refractivity contribution < 1.29 is 9.59 Å². The molecule has 1 N–H and O–H groups in total. The molecule has 0 aromatic heterocycles. The summed E-state index contributed by atoms with van der Waals surface area (Å²) in [6.45, 7) is 0.705. The van der Waals surface area contributed by atoms with Crippen molar-refractivity contribution in [2.45, 2.75) is 12.8 Å². The summed E-state index contributed by atoms with van der Waals surface area (Å²) in [4.78, 5) is 26.2. The highest BCUT2D eigenvalue weighted by Crippen LogP contribution is 2.38. The van der Waals surface area contributed by atoms with Crippen LogP contribution in [0.15, 0.2) is 36.4 Å². The summed E-state index contributed by atoms with van der Waals surface area (Å²) in [5, 5.41) is 11.7. The first-order valence-electron chi connectivity index (χ1n) is 7.43. The number of hydrogen-bond donors (Lipinski definition) is 1. The molecule has 2 aromatic rings. The van der Waals surface area contributed by atoms with Crippen molar-refractivity contribution in [3.8, 4) is 6.07 Å². The van der Waals surface area contributed by atoms with Gasteiger partial charge in [-0.15, -0.1) is 0 Å². The molecule has 2 aromatic carbocycles. The van der Waals surface area contributed by atoms with Crippen LogP contribution in [0.1, 0.15) is 27.0 Å². The van der Waals surface area contributed by atoms with Crippen LogP contribution in [0, 0.1) is 11.3 Å². The van der Waals surface area contributed by atoms with Crippen molar-refractivity contribution in [1.82, 2.24) is 0 Å². The van der Waals surface area contributed by atoms with Gasteiger partial charge in [-0.1, -0.05) is 6.07 Å². The maximum Gasteiger partial charge on any atom is 0.255 e. The van der Waals surface area contributed by atoms with Gasteiger partial charge >= 0.3 is 0 Å². The quantitative estimate of drug-likeness (QED) is 0.924. The Morgan fingerprint density at radius 2 is 2.04 bits per heavy atom. The normalized spacial score (nSPS) is 14.6. The predicted molar refractivity (Wildman–Crippen MR) is 85.3 cm³/mol. The van der Waals surface area contributed by atoms with Crippen LogP contribution < -0.4 is 10.2 Å². The minimum absolute atomic E-state index is 0.109. The molecule has 0 aliphatic carbocycles. The number of rotatable bonds is 2. The van der Waals surface area contributed by atoms with Crippen LogP contribution in [0.5, 0.6) is 0 Å². The standard InChI is InChI=1S/C18H13N3O2/c19-10-11-2-1-3-15(6-11)20-18(23)14-7-12-4-5-21-16(22)9-13(8-14)17(12)21/h1-3,6-8H,4-5,9H2,(H,20,23). The van der Waals surface area contributed by atoms with Gasteiger partial charge in [0.05, 0.1) is 23.7 Å². The SMILES string of the molecule is N#Cc1cccc(NC(=O)c2cc3c4c(c2)CC(=O)N4CC3)c1. The van der Waals surface area contributed by atoms with Gasteiger partial charge in [0.25, 0.3) is 5.91 Å². The molecule has 5 heteroatoms. The third-order valence-electron chi connectivity index (χ3n) is 4.30. The number of benzene rings is 2. The van der Waals surface area contributed by atoms with Crippen LogP contribution in [0.25, 0.3) is 0 Å². The van der Waals surface area contributed by atoms with E-state index in [1.165, 1.54) is 0 Å². The summed E-state index contributed by atoms with van der Waals surface area (Å²) >= 11 is 0. The second-order valence-electron chi connectivity index (χ2n) is 5.76. The summed E-state index contributed by atoms with van der Waals surface area (Å²) in [6.07, 6.45) is 1.16. The number of nitrogens with zero attached hydrogens (tertiary/aromatic N) is 2. The van der Waals surface area contributed by atoms with Crippen LogP contribution in [-0.4, -0.2) is 18.4 Å². The van der Waals surface area contributed by atoms with Gasteiger partial charge < -0.3 is 10.2 Å². The Morgan fingerprint density at radius 1 is 1.22 bits per heavy atom. The Balaban J connectivity index is 1.64. The topological polar surface area (TPSA) is 73.2 Å². The second kappa shape index (κ2) is 4.96. The summed E-state index contributed by atoms with van der Waals surface area (Å²) in [5.41, 5.74) is 4.63. The molecule has 0 atom stereocenters. The maximum atomic E-state index is 12.5. The summed E-state index contributed by atoms with van der Waals surface area (Å²) in [6, 6.07) is 12.5. The van der Waals surface area contributed by atoms with E-state index in [1.807, 2.05) is 17.0 Å². The first-order valence-corrected chi connectivity index (χ1v) is 7.43. The summed E-state index contributed by atoms with van der Waals surface area (Å²) in [5.74, 6) is -0.116. The van der Waals surface area contributed by atoms with E-state index in [0.717, 1.165) is 23.2 Å². The first kappa shape index (κ1) is 13.5. The lowest BCUT2D eigenvalue weighted by molar-refractivity contribution is -0.117. The van der Waals surface area contributed by atoms with Crippen molar-refractivity contribution in [3.05, 3.63) is 58.7 Å². The highest BCUT2D eigenvalue weighted by molar-refractivity contribution is 6.08. The zero-order chi connectivity index (χ0) is 16.0. The Labute approximate surface area is 133 Å². The number of nitriles is 1. The molecule has 0 saturated carbocycles. The predicted octanol–water partition coefficient (Wildman–Crippen LogP) is 2.26. The maximum absolute atomic E-state index is 12.5. The van der Waals surface area contributed by atoms with Gasteiger partial charge in [-0.3, -0.25) is 9.59 Å². The zero-order valence-electron chi connectivity index (χ0n) is 12.3. The van der Waals surface area contributed by atoms with Crippen molar-refractivity contribution in [3.63, 3.8) is 0 Å². The number of anilines is 2. The molecule has 2 aliphatic rings. The zero-order valence-corrected chi connectivity index (χ0v) is 12.3. The van der Waals surface area contributed by atoms with E-state index in [1.54, 1.807) is 30.3 Å². The highest BCUT2D eigenvalue weighted by Gasteiger charge is 2.34. The Kier molecular flexibility index (Phi) is 2.91. The molecular formula is C18H13N3O2. The van der Waals surface area contributed by atoms with Crippen LogP contribution in [-0.2, 0) is 17.6 Å². The van der Waals surface area contributed by atoms with Crippen LogP contribution in [0.4, 0.5) is 11.4 Å². The lowest BCUT2D eigenvalue weighted by atomic mass is 10.0. The molecule has 0 radical (unpaired) electrons. The van der Waals surface area contributed by atoms with Crippen molar-refractivity contribution >= 4 is 23.2 Å². The van der Waals surface area contributed by atoms with Crippen LogP contribution in [0.3, 0.4) is 0 Å². The van der Waals surface area contributed by atoms with Crippen molar-refractivity contribution in [2.75, 3.05) is 16.8 Å². The molecule has 0 saturated heterocycles. The third kappa shape index (κ3) is 2.16. The summed E-state index contributed by atoms with van der Waals surface area (Å²) in [7, 11) is 0. The fourth-order valence-corrected chi connectivity index (χ4v) is 3.28. The van der Waals surface area contributed by atoms with E-state index in [4.69, 9.17) is 5.26 Å². The van der Waals surface area contributed by atoms with Gasteiger partial charge in [-0.2, -0.15) is 5.26 Å². The lowest BCUT2D eigenvalue weighted by Crippen LogP contribution is -2.24. The lowest BCUT2D eigenvalue weighted by Gasteiger charge is -2.10. The highest BCUT2D eigenvalue weighted by atomic mass is 16.2. The molecule has 4 rings (SSSR count). The van der Waals surface area contributed by atoms with Gasteiger partial charge in [0.15, 0.2) is 0 Å². The molecule has 112 valence electrons. The van der Waals surface area contributed by atoms with Crippen LogP contribution in [0.2, 0.25) is 0 Å². The molecule has 0 unspecified atom stereocenters. The molecule has 0 spiro atoms. The fourth-order valence-electron chi connectivity index (χ4n) is 3.28. The first-order chi connectivity index (χ1) is 11.2. The number of amides is 2. The van der Waals surface area contributed by atoms with Gasteiger partial charge in [-0.25, -0.2) is 0 Å². The minimum Gasteiger partial charge on any atom is -0.322 e. The summed E-state index contributed by atoms with van der Waals surface area (Å²) < 4.78 is 0. The molecule has 2 amide bonds. The number of carbonyl (C=O) groups is 2. The molecule has 0 fully saturated rings. The monoisotopic (exact) mass is 303 g/mol. The van der Waals surface area contributed by atoms with Gasteiger partial charge in [0.1, 0.15) is 0 Å². The Bertz CT molecular complexity index is 896. The third-order valence-corrected chi connectivity index (χ3v) is 4.30. The fraction of sp³-hybridized carbons (Fsp3) is 0.167. The molecule has 2 aliphatic heterocycles. The van der Waals surface area contributed by atoms with E-state index in [9.17, 15) is 9.59 Å². The number of hydrogen-bond acceptors (Lipinski definition) is 3. The minimum atomic E-state index is -0.225. The number of nitrogens with one attached hydrogen (secondary N) is 1. The van der Waals surface area contributed by atoms with E-state index in [2.05, 4.69) is 5.32 Å². The number of carbonyl (C=O) groups excluding carboxylic acids is 2. The Morgan fingerprint density at radius 3 is 2.87 bits per heavy atom. The van der Waals surface area contributed by atoms with Crippen molar-refractivity contribution in [1.29, 1.82) is 5.26 Å². The molecule has 0 bridgehead atoms. The van der Waals surface area contributed by atoms with Crippen molar-refractivity contribution in [2.24, 2.45) is 0 Å². The smallest absolute Gasteiger partial charge is 0.255 e. The van der Waals surface area contributed by atoms with Crippen LogP contribution >= 0.6 is 0 Å². The second-order valence-corrected chi connectivity index (χ2v) is 5.76. The van der Waals surface area contributed by atoms with E-state index >= 15 is 0 Å². The molecule has 5 nitrogen and oxygen atoms in total. The molecule has 2 heterocycles. The van der Waals surface area contributed by atoms with E-state index in [0.29, 0.717) is 29.8 Å². The average molecular weight is 303 g/mol. The molecular weight excluding hydrogens is 290 g/mol. The largest absolute Gasteiger partial charge is 0.322 e. The Hall–Kier alpha value is -3.13. The van der Waals surface area contributed by atoms with Gasteiger partial charge in [0.2, 0.25) is 5.91 Å². The van der Waals surface area contributed by atoms with E-state index < -0.39 is 0 Å². The van der Waals surface area contributed by atoms with E-state index in [-0.39, 0.29) is 11.8 Å². The molecule has 23 heavy (non-hydrogen) atoms. The average Bonchev–Trinajstić information content (AvgIpc) is 3.12. The van der Waals surface area contributed by atoms with Gasteiger partial charge in [-0.05, 0) is 47.9 Å².